The topological polar surface area (TPSA) is 0 Å². The fourth-order valence-electron chi connectivity index (χ4n) is 0.809. The Morgan fingerprint density at radius 1 is 1.33 bits per heavy atom. The van der Waals surface area contributed by atoms with E-state index in [2.05, 4.69) is 43.6 Å². The summed E-state index contributed by atoms with van der Waals surface area (Å²) in [5.74, 6) is 0. The highest BCUT2D eigenvalue weighted by Crippen LogP contribution is 2.25. The Bertz CT molecular complexity index is 71.1. The Kier molecular flexibility index (Phi) is 3.79. The van der Waals surface area contributed by atoms with E-state index in [0.717, 1.165) is 0 Å². The maximum atomic E-state index is 3.61. The van der Waals surface area contributed by atoms with Crippen molar-refractivity contribution in [1.29, 1.82) is 0 Å². The van der Waals surface area contributed by atoms with Crippen molar-refractivity contribution in [3.8, 4) is 0 Å². The van der Waals surface area contributed by atoms with Gasteiger partial charge in [0.2, 0.25) is 0 Å². The van der Waals surface area contributed by atoms with Gasteiger partial charge in [-0.15, -0.1) is 0 Å². The minimum atomic E-state index is 0.476. The van der Waals surface area contributed by atoms with Crippen molar-refractivity contribution in [3.63, 3.8) is 0 Å². The lowest BCUT2D eigenvalue weighted by Gasteiger charge is -2.20. The van der Waals surface area contributed by atoms with E-state index in [1.54, 1.807) is 0 Å². The van der Waals surface area contributed by atoms with Crippen LogP contribution in [0.2, 0.25) is 0 Å². The molecule has 0 aromatic rings. The summed E-state index contributed by atoms with van der Waals surface area (Å²) in [6.45, 7) is 9.04. The third-order valence-electron chi connectivity index (χ3n) is 1.28. The van der Waals surface area contributed by atoms with Gasteiger partial charge in [-0.3, -0.25) is 0 Å². The summed E-state index contributed by atoms with van der Waals surface area (Å²) in [6.07, 6.45) is 2.50. The molecule has 0 rings (SSSR count). The molecule has 0 amide bonds. The Balaban J connectivity index is 3.47. The number of hydrogen-bond acceptors (Lipinski definition) is 0. The van der Waals surface area contributed by atoms with Gasteiger partial charge in [-0.25, -0.2) is 0 Å². The lowest BCUT2D eigenvalue weighted by molar-refractivity contribution is 0.372. The molecule has 1 atom stereocenters. The van der Waals surface area contributed by atoms with Gasteiger partial charge in [0.1, 0.15) is 0 Å². The average molecular weight is 193 g/mol. The van der Waals surface area contributed by atoms with Crippen LogP contribution in [0.25, 0.3) is 0 Å². The molecule has 9 heavy (non-hydrogen) atoms. The van der Waals surface area contributed by atoms with E-state index in [9.17, 15) is 0 Å². The number of alkyl halides is 1. The molecule has 0 heterocycles. The van der Waals surface area contributed by atoms with Crippen LogP contribution in [0.1, 0.15) is 40.5 Å². The normalized spacial score (nSPS) is 15.7. The second-order valence-electron chi connectivity index (χ2n) is 3.77. The standard InChI is InChI=1S/C8H17Br/c1-5-7(9)6-8(2,3)4/h7H,5-6H2,1-4H3. The van der Waals surface area contributed by atoms with Crippen LogP contribution in [0, 0.1) is 5.41 Å². The van der Waals surface area contributed by atoms with Crippen LogP contribution in [0.4, 0.5) is 0 Å². The van der Waals surface area contributed by atoms with Crippen LogP contribution in [-0.4, -0.2) is 4.83 Å². The molecule has 0 N–H and O–H groups in total. The van der Waals surface area contributed by atoms with Gasteiger partial charge in [0.25, 0.3) is 0 Å². The fraction of sp³-hybridized carbons (Fsp3) is 1.00. The zero-order valence-corrected chi connectivity index (χ0v) is 8.46. The minimum Gasteiger partial charge on any atom is -0.0891 e. The minimum absolute atomic E-state index is 0.476. The average Bonchev–Trinajstić information content (AvgIpc) is 1.62. The molecular formula is C8H17Br. The Morgan fingerprint density at radius 3 is 1.89 bits per heavy atom. The van der Waals surface area contributed by atoms with E-state index in [0.29, 0.717) is 10.2 Å². The largest absolute Gasteiger partial charge is 0.0891 e. The second-order valence-corrected chi connectivity index (χ2v) is 5.07. The number of rotatable bonds is 2. The third-order valence-corrected chi connectivity index (χ3v) is 2.25. The van der Waals surface area contributed by atoms with Gasteiger partial charge in [-0.2, -0.15) is 0 Å². The van der Waals surface area contributed by atoms with Crippen molar-refractivity contribution in [3.05, 3.63) is 0 Å². The predicted octanol–water partition coefficient (Wildman–Crippen LogP) is 3.60. The number of hydrogen-bond donors (Lipinski definition) is 0. The first-order chi connectivity index (χ1) is 3.95. The van der Waals surface area contributed by atoms with Gasteiger partial charge in [-0.1, -0.05) is 43.6 Å². The quantitative estimate of drug-likeness (QED) is 0.588. The lowest BCUT2D eigenvalue weighted by atomic mass is 9.90. The zero-order valence-electron chi connectivity index (χ0n) is 6.87. The molecule has 0 fully saturated rings. The van der Waals surface area contributed by atoms with Crippen molar-refractivity contribution in [2.45, 2.75) is 45.4 Å². The van der Waals surface area contributed by atoms with Gasteiger partial charge in [0.15, 0.2) is 0 Å². The molecule has 1 heteroatoms. The summed E-state index contributed by atoms with van der Waals surface area (Å²) in [5, 5.41) is 0. The van der Waals surface area contributed by atoms with Crippen molar-refractivity contribution in [1.82, 2.24) is 0 Å². The molecule has 0 spiro atoms. The summed E-state index contributed by atoms with van der Waals surface area (Å²) in [6, 6.07) is 0. The highest BCUT2D eigenvalue weighted by molar-refractivity contribution is 9.09. The van der Waals surface area contributed by atoms with Crippen LogP contribution in [-0.2, 0) is 0 Å². The van der Waals surface area contributed by atoms with Crippen LogP contribution in [0.3, 0.4) is 0 Å². The van der Waals surface area contributed by atoms with E-state index < -0.39 is 0 Å². The lowest BCUT2D eigenvalue weighted by Crippen LogP contribution is -2.11. The van der Waals surface area contributed by atoms with Gasteiger partial charge in [-0.05, 0) is 18.3 Å². The van der Waals surface area contributed by atoms with Crippen molar-refractivity contribution in [2.75, 3.05) is 0 Å². The molecule has 0 saturated carbocycles. The Hall–Kier alpha value is 0.480. The van der Waals surface area contributed by atoms with Gasteiger partial charge >= 0.3 is 0 Å². The zero-order chi connectivity index (χ0) is 7.49. The summed E-state index contributed by atoms with van der Waals surface area (Å²) in [4.78, 5) is 0.706. The van der Waals surface area contributed by atoms with Gasteiger partial charge < -0.3 is 0 Å². The van der Waals surface area contributed by atoms with Crippen LogP contribution < -0.4 is 0 Å². The summed E-state index contributed by atoms with van der Waals surface area (Å²) < 4.78 is 0. The summed E-state index contributed by atoms with van der Waals surface area (Å²) >= 11 is 3.61. The fourth-order valence-corrected chi connectivity index (χ4v) is 1.78. The van der Waals surface area contributed by atoms with E-state index in [1.807, 2.05) is 0 Å². The summed E-state index contributed by atoms with van der Waals surface area (Å²) in [7, 11) is 0. The van der Waals surface area contributed by atoms with Crippen molar-refractivity contribution >= 4 is 15.9 Å². The van der Waals surface area contributed by atoms with Gasteiger partial charge in [0, 0.05) is 4.83 Å². The van der Waals surface area contributed by atoms with Crippen LogP contribution >= 0.6 is 15.9 Å². The molecule has 0 nitrogen and oxygen atoms in total. The first-order valence-corrected chi connectivity index (χ1v) is 4.51. The molecule has 1 unspecified atom stereocenters. The molecule has 0 aromatic heterocycles. The number of halogens is 1. The van der Waals surface area contributed by atoms with Crippen molar-refractivity contribution < 1.29 is 0 Å². The van der Waals surface area contributed by atoms with Gasteiger partial charge in [0.05, 0.1) is 0 Å². The first-order valence-electron chi connectivity index (χ1n) is 3.60. The Morgan fingerprint density at radius 2 is 1.78 bits per heavy atom. The Labute approximate surface area is 67.2 Å². The van der Waals surface area contributed by atoms with E-state index in [1.165, 1.54) is 12.8 Å². The second kappa shape index (κ2) is 3.60. The van der Waals surface area contributed by atoms with Crippen molar-refractivity contribution in [2.24, 2.45) is 5.41 Å². The molecule has 0 saturated heterocycles. The molecule has 0 aromatic carbocycles. The van der Waals surface area contributed by atoms with E-state index in [4.69, 9.17) is 0 Å². The molecule has 0 bridgehead atoms. The smallest absolute Gasteiger partial charge is 0.0148 e. The molecule has 0 aliphatic carbocycles. The molecular weight excluding hydrogens is 176 g/mol. The maximum Gasteiger partial charge on any atom is 0.0148 e. The van der Waals surface area contributed by atoms with E-state index in [-0.39, 0.29) is 0 Å². The molecule has 0 radical (unpaired) electrons. The van der Waals surface area contributed by atoms with E-state index >= 15 is 0 Å². The SMILES string of the molecule is CCC(Br)CC(C)(C)C. The monoisotopic (exact) mass is 192 g/mol. The molecule has 56 valence electrons. The maximum absolute atomic E-state index is 3.61. The molecule has 0 aliphatic heterocycles. The third kappa shape index (κ3) is 6.36. The predicted molar refractivity (Wildman–Crippen MR) is 47.1 cm³/mol. The first kappa shape index (κ1) is 9.48. The summed E-state index contributed by atoms with van der Waals surface area (Å²) in [5.41, 5.74) is 0.476. The highest BCUT2D eigenvalue weighted by Gasteiger charge is 2.14. The van der Waals surface area contributed by atoms with Crippen LogP contribution in [0.5, 0.6) is 0 Å². The van der Waals surface area contributed by atoms with Crippen LogP contribution in [0.15, 0.2) is 0 Å². The highest BCUT2D eigenvalue weighted by atomic mass is 79.9. The molecule has 0 aliphatic rings.